The van der Waals surface area contributed by atoms with Crippen molar-refractivity contribution in [3.8, 4) is 11.5 Å². The Morgan fingerprint density at radius 1 is 0.750 bits per heavy atom. The van der Waals surface area contributed by atoms with Gasteiger partial charge in [-0.25, -0.2) is 4.21 Å². The van der Waals surface area contributed by atoms with Gasteiger partial charge in [-0.15, -0.1) is 0 Å². The monoisotopic (exact) mass is 342 g/mol. The lowest BCUT2D eigenvalue weighted by atomic mass is 10.3. The maximum absolute atomic E-state index is 12.6. The van der Waals surface area contributed by atoms with Crippen LogP contribution in [0.2, 0.25) is 0 Å². The average molecular weight is 342 g/mol. The van der Waals surface area contributed by atoms with Crippen LogP contribution in [-0.4, -0.2) is 17.4 Å². The van der Waals surface area contributed by atoms with Crippen molar-refractivity contribution >= 4 is 10.8 Å². The van der Waals surface area contributed by atoms with Crippen LogP contribution in [0.4, 0.5) is 0 Å². The fraction of sp³-hybridized carbons (Fsp3) is 0.200. The molecule has 0 amide bonds. The summed E-state index contributed by atoms with van der Waals surface area (Å²) >= 11 is 0. The molecule has 24 heavy (non-hydrogen) atoms. The minimum atomic E-state index is -1.22. The van der Waals surface area contributed by atoms with E-state index in [2.05, 4.69) is 0 Å². The van der Waals surface area contributed by atoms with Gasteiger partial charge in [0.1, 0.15) is 24.7 Å². The molecule has 2 rings (SSSR count). The highest BCUT2D eigenvalue weighted by molar-refractivity contribution is 7.85. The molecular weight excluding hydrogens is 320 g/mol. The van der Waals surface area contributed by atoms with Gasteiger partial charge in [0.25, 0.3) is 0 Å². The van der Waals surface area contributed by atoms with Gasteiger partial charge < -0.3 is 9.47 Å². The lowest BCUT2D eigenvalue weighted by Crippen LogP contribution is -1.96. The van der Waals surface area contributed by atoms with E-state index in [0.717, 1.165) is 21.3 Å². The first kappa shape index (κ1) is 18.0. The second-order valence-electron chi connectivity index (χ2n) is 4.97. The topological polar surface area (TPSA) is 35.5 Å². The molecule has 0 spiro atoms. The van der Waals surface area contributed by atoms with Crippen LogP contribution >= 0.6 is 0 Å². The van der Waals surface area contributed by atoms with E-state index in [1.807, 2.05) is 86.7 Å². The van der Waals surface area contributed by atoms with Gasteiger partial charge in [0.2, 0.25) is 0 Å². The summed E-state index contributed by atoms with van der Waals surface area (Å²) in [6, 6.07) is 14.7. The van der Waals surface area contributed by atoms with Crippen molar-refractivity contribution in [2.45, 2.75) is 23.6 Å². The number of rotatable bonds is 8. The average Bonchev–Trinajstić information content (AvgIpc) is 2.63. The smallest absolute Gasteiger partial charge is 0.119 e. The van der Waals surface area contributed by atoms with Crippen molar-refractivity contribution < 1.29 is 13.7 Å². The molecule has 0 aliphatic carbocycles. The molecule has 4 heteroatoms. The SMILES string of the molecule is CC=CCOc1ccc(S(=O)c2ccc(OCC=CC)cc2)cc1. The Hall–Kier alpha value is -2.33. The fourth-order valence-electron chi connectivity index (χ4n) is 1.94. The molecule has 0 bridgehead atoms. The lowest BCUT2D eigenvalue weighted by Gasteiger charge is -2.07. The second-order valence-corrected chi connectivity index (χ2v) is 6.45. The van der Waals surface area contributed by atoms with E-state index in [0.29, 0.717) is 13.2 Å². The maximum Gasteiger partial charge on any atom is 0.119 e. The van der Waals surface area contributed by atoms with Crippen LogP contribution in [0.25, 0.3) is 0 Å². The molecule has 2 aromatic rings. The molecule has 0 radical (unpaired) electrons. The highest BCUT2D eigenvalue weighted by atomic mass is 32.2. The third kappa shape index (κ3) is 5.39. The third-order valence-electron chi connectivity index (χ3n) is 3.24. The Morgan fingerprint density at radius 2 is 1.12 bits per heavy atom. The van der Waals surface area contributed by atoms with E-state index in [-0.39, 0.29) is 0 Å². The standard InChI is InChI=1S/C20H22O3S/c1-3-5-15-22-17-7-11-19(12-8-17)24(21)20-13-9-18(10-14-20)23-16-6-4-2/h3-14H,15-16H2,1-2H3. The summed E-state index contributed by atoms with van der Waals surface area (Å²) in [7, 11) is -1.22. The van der Waals surface area contributed by atoms with Crippen molar-refractivity contribution in [3.05, 3.63) is 72.8 Å². The summed E-state index contributed by atoms with van der Waals surface area (Å²) < 4.78 is 23.7. The number of ether oxygens (including phenoxy) is 2. The second kappa shape index (κ2) is 9.73. The van der Waals surface area contributed by atoms with Gasteiger partial charge in [-0.3, -0.25) is 0 Å². The van der Waals surface area contributed by atoms with E-state index in [1.165, 1.54) is 0 Å². The molecule has 0 aliphatic rings. The summed E-state index contributed by atoms with van der Waals surface area (Å²) in [4.78, 5) is 1.49. The van der Waals surface area contributed by atoms with E-state index in [4.69, 9.17) is 9.47 Å². The Balaban J connectivity index is 2.00. The molecule has 0 heterocycles. The molecule has 0 N–H and O–H groups in total. The maximum atomic E-state index is 12.6. The molecule has 0 saturated heterocycles. The minimum Gasteiger partial charge on any atom is -0.490 e. The van der Waals surface area contributed by atoms with Crippen LogP contribution in [0.5, 0.6) is 11.5 Å². The highest BCUT2D eigenvalue weighted by Gasteiger charge is 2.07. The molecule has 3 nitrogen and oxygen atoms in total. The third-order valence-corrected chi connectivity index (χ3v) is 4.64. The fourth-order valence-corrected chi connectivity index (χ4v) is 2.97. The molecule has 0 aromatic heterocycles. The summed E-state index contributed by atoms with van der Waals surface area (Å²) in [5.74, 6) is 1.53. The first-order valence-corrected chi connectivity index (χ1v) is 8.99. The lowest BCUT2D eigenvalue weighted by molar-refractivity contribution is 0.362. The van der Waals surface area contributed by atoms with Gasteiger partial charge in [0.05, 0.1) is 10.8 Å². The van der Waals surface area contributed by atoms with Gasteiger partial charge in [-0.2, -0.15) is 0 Å². The minimum absolute atomic E-state index is 0.535. The summed E-state index contributed by atoms with van der Waals surface area (Å²) in [5.41, 5.74) is 0. The van der Waals surface area contributed by atoms with Crippen LogP contribution in [0.15, 0.2) is 82.6 Å². The Morgan fingerprint density at radius 3 is 1.46 bits per heavy atom. The van der Waals surface area contributed by atoms with E-state index in [1.54, 1.807) is 0 Å². The van der Waals surface area contributed by atoms with Crippen molar-refractivity contribution in [2.75, 3.05) is 13.2 Å². The Labute approximate surface area is 146 Å². The number of benzene rings is 2. The first-order valence-electron chi connectivity index (χ1n) is 7.84. The van der Waals surface area contributed by atoms with Crippen LogP contribution in [0.3, 0.4) is 0 Å². The Kier molecular flexibility index (Phi) is 7.30. The molecule has 0 saturated carbocycles. The van der Waals surface area contributed by atoms with Gasteiger partial charge >= 0.3 is 0 Å². The van der Waals surface area contributed by atoms with Crippen LogP contribution in [-0.2, 0) is 10.8 Å². The molecule has 0 fully saturated rings. The number of allylic oxidation sites excluding steroid dienone is 2. The van der Waals surface area contributed by atoms with Crippen LogP contribution < -0.4 is 9.47 Å². The zero-order valence-electron chi connectivity index (χ0n) is 14.0. The highest BCUT2D eigenvalue weighted by Crippen LogP contribution is 2.22. The molecule has 0 aliphatic heterocycles. The van der Waals surface area contributed by atoms with Crippen molar-refractivity contribution in [1.82, 2.24) is 0 Å². The number of hydrogen-bond donors (Lipinski definition) is 0. The molecular formula is C20H22O3S. The molecule has 0 atom stereocenters. The first-order chi connectivity index (χ1) is 11.7. The van der Waals surface area contributed by atoms with Crippen LogP contribution in [0, 0.1) is 0 Å². The van der Waals surface area contributed by atoms with Crippen molar-refractivity contribution in [1.29, 1.82) is 0 Å². The normalized spacial score (nSPS) is 12.6. The predicted molar refractivity (Wildman–Crippen MR) is 98.2 cm³/mol. The zero-order chi connectivity index (χ0) is 17.2. The summed E-state index contributed by atoms with van der Waals surface area (Å²) in [6.45, 7) is 4.97. The largest absolute Gasteiger partial charge is 0.490 e. The van der Waals surface area contributed by atoms with Crippen molar-refractivity contribution in [3.63, 3.8) is 0 Å². The van der Waals surface area contributed by atoms with Gasteiger partial charge in [-0.1, -0.05) is 24.3 Å². The van der Waals surface area contributed by atoms with Crippen LogP contribution in [0.1, 0.15) is 13.8 Å². The van der Waals surface area contributed by atoms with E-state index >= 15 is 0 Å². The predicted octanol–water partition coefficient (Wildman–Crippen LogP) is 4.76. The van der Waals surface area contributed by atoms with Gasteiger partial charge in [0.15, 0.2) is 0 Å². The zero-order valence-corrected chi connectivity index (χ0v) is 14.8. The Bertz CT molecular complexity index is 639. The van der Waals surface area contributed by atoms with Gasteiger partial charge in [-0.05, 0) is 62.4 Å². The van der Waals surface area contributed by atoms with E-state index < -0.39 is 10.8 Å². The quantitative estimate of drug-likeness (QED) is 0.649. The van der Waals surface area contributed by atoms with Gasteiger partial charge in [0, 0.05) is 9.79 Å². The number of hydrogen-bond acceptors (Lipinski definition) is 3. The van der Waals surface area contributed by atoms with E-state index in [9.17, 15) is 4.21 Å². The molecule has 0 unspecified atom stereocenters. The molecule has 2 aromatic carbocycles. The van der Waals surface area contributed by atoms with Crippen molar-refractivity contribution in [2.24, 2.45) is 0 Å². The summed E-state index contributed by atoms with van der Waals surface area (Å²) in [5, 5.41) is 0. The summed E-state index contributed by atoms with van der Waals surface area (Å²) in [6.07, 6.45) is 7.75. The molecule has 126 valence electrons.